The standard InChI is InChI=1S/C29H32Cl2N2O5/c1-5-33(6-2)17-19-15-24(37-3)26(25(16-19)38-4)20-12-10-18(11-13-20)14-23(29(35)36)32-28(34)27-21(30)8-7-9-22(27)31/h7-13,15-16,23H,5-6,14,17H2,1-4H3,(H,32,34)(H,35,36). The van der Waals surface area contributed by atoms with Crippen LogP contribution in [0.25, 0.3) is 11.1 Å². The molecule has 0 saturated heterocycles. The first kappa shape index (κ1) is 29.3. The number of carbonyl (C=O) groups excluding carboxylic acids is 1. The predicted octanol–water partition coefficient (Wildman–Crippen LogP) is 5.95. The number of hydrogen-bond acceptors (Lipinski definition) is 5. The van der Waals surface area contributed by atoms with Gasteiger partial charge in [0.1, 0.15) is 17.5 Å². The molecule has 1 amide bonds. The van der Waals surface area contributed by atoms with Crippen LogP contribution in [0.15, 0.2) is 54.6 Å². The molecule has 38 heavy (non-hydrogen) atoms. The monoisotopic (exact) mass is 558 g/mol. The van der Waals surface area contributed by atoms with E-state index in [-0.39, 0.29) is 22.0 Å². The maximum Gasteiger partial charge on any atom is 0.326 e. The number of nitrogens with zero attached hydrogens (tertiary/aromatic N) is 1. The summed E-state index contributed by atoms with van der Waals surface area (Å²) in [6, 6.07) is 14.9. The maximum atomic E-state index is 12.7. The van der Waals surface area contributed by atoms with Crippen LogP contribution in [0.5, 0.6) is 11.5 Å². The van der Waals surface area contributed by atoms with Crippen molar-refractivity contribution in [2.75, 3.05) is 27.3 Å². The van der Waals surface area contributed by atoms with Crippen LogP contribution in [-0.2, 0) is 17.8 Å². The van der Waals surface area contributed by atoms with E-state index >= 15 is 0 Å². The number of ether oxygens (including phenoxy) is 2. The third-order valence-corrected chi connectivity index (χ3v) is 6.97. The first-order valence-corrected chi connectivity index (χ1v) is 13.0. The molecule has 0 aromatic heterocycles. The molecule has 0 aliphatic heterocycles. The van der Waals surface area contributed by atoms with Gasteiger partial charge in [-0.05, 0) is 54.0 Å². The fourth-order valence-corrected chi connectivity index (χ4v) is 4.80. The third kappa shape index (κ3) is 6.98. The van der Waals surface area contributed by atoms with Crippen molar-refractivity contribution in [3.8, 4) is 22.6 Å². The Labute approximate surface area is 233 Å². The first-order valence-electron chi connectivity index (χ1n) is 12.3. The summed E-state index contributed by atoms with van der Waals surface area (Å²) in [5.74, 6) is -0.445. The molecule has 9 heteroatoms. The Morgan fingerprint density at radius 1 is 0.921 bits per heavy atom. The summed E-state index contributed by atoms with van der Waals surface area (Å²) >= 11 is 12.2. The number of carbonyl (C=O) groups is 2. The van der Waals surface area contributed by atoms with Gasteiger partial charge in [-0.15, -0.1) is 0 Å². The van der Waals surface area contributed by atoms with E-state index < -0.39 is 17.9 Å². The Morgan fingerprint density at radius 2 is 1.47 bits per heavy atom. The Morgan fingerprint density at radius 3 is 1.95 bits per heavy atom. The van der Waals surface area contributed by atoms with Crippen molar-refractivity contribution in [2.24, 2.45) is 0 Å². The molecule has 0 saturated carbocycles. The topological polar surface area (TPSA) is 88.1 Å². The van der Waals surface area contributed by atoms with E-state index in [0.29, 0.717) is 11.5 Å². The molecule has 3 aromatic carbocycles. The van der Waals surface area contributed by atoms with Gasteiger partial charge in [-0.1, -0.05) is 67.4 Å². The Kier molecular flexibility index (Phi) is 10.4. The molecule has 0 aliphatic carbocycles. The van der Waals surface area contributed by atoms with Gasteiger partial charge in [0, 0.05) is 13.0 Å². The Balaban J connectivity index is 1.84. The highest BCUT2D eigenvalue weighted by Crippen LogP contribution is 2.40. The lowest BCUT2D eigenvalue weighted by molar-refractivity contribution is -0.139. The van der Waals surface area contributed by atoms with Gasteiger partial charge in [0.05, 0.1) is 35.4 Å². The lowest BCUT2D eigenvalue weighted by Gasteiger charge is -2.21. The van der Waals surface area contributed by atoms with Crippen LogP contribution in [0.2, 0.25) is 10.0 Å². The summed E-state index contributed by atoms with van der Waals surface area (Å²) < 4.78 is 11.4. The van der Waals surface area contributed by atoms with Gasteiger partial charge in [0.2, 0.25) is 0 Å². The number of aliphatic carboxylic acids is 1. The third-order valence-electron chi connectivity index (χ3n) is 6.34. The highest BCUT2D eigenvalue weighted by molar-refractivity contribution is 6.39. The number of rotatable bonds is 12. The number of carboxylic acids is 1. The van der Waals surface area contributed by atoms with Crippen LogP contribution in [0, 0.1) is 0 Å². The highest BCUT2D eigenvalue weighted by atomic mass is 35.5. The zero-order valence-electron chi connectivity index (χ0n) is 21.9. The van der Waals surface area contributed by atoms with Crippen molar-refractivity contribution in [2.45, 2.75) is 32.9 Å². The summed E-state index contributed by atoms with van der Waals surface area (Å²) in [5.41, 5.74) is 3.52. The molecule has 1 unspecified atom stereocenters. The van der Waals surface area contributed by atoms with Crippen molar-refractivity contribution in [3.05, 3.63) is 81.3 Å². The molecule has 0 spiro atoms. The van der Waals surface area contributed by atoms with E-state index in [1.165, 1.54) is 12.1 Å². The summed E-state index contributed by atoms with van der Waals surface area (Å²) in [7, 11) is 3.25. The molecule has 3 rings (SSSR count). The molecule has 2 N–H and O–H groups in total. The number of carboxylic acid groups (broad SMARTS) is 1. The molecule has 0 fully saturated rings. The van der Waals surface area contributed by atoms with Gasteiger partial charge in [-0.3, -0.25) is 9.69 Å². The minimum absolute atomic E-state index is 0.0427. The second-order valence-electron chi connectivity index (χ2n) is 8.70. The second-order valence-corrected chi connectivity index (χ2v) is 9.51. The van der Waals surface area contributed by atoms with Crippen molar-refractivity contribution in [1.82, 2.24) is 10.2 Å². The Hall–Kier alpha value is -3.26. The van der Waals surface area contributed by atoms with Gasteiger partial charge in [-0.25, -0.2) is 4.79 Å². The normalized spacial score (nSPS) is 11.8. The summed E-state index contributed by atoms with van der Waals surface area (Å²) in [6.45, 7) is 6.90. The number of amides is 1. The average Bonchev–Trinajstić information content (AvgIpc) is 2.91. The van der Waals surface area contributed by atoms with Crippen LogP contribution in [0.1, 0.15) is 35.3 Å². The lowest BCUT2D eigenvalue weighted by Crippen LogP contribution is -2.42. The fourth-order valence-electron chi connectivity index (χ4n) is 4.24. The average molecular weight is 559 g/mol. The highest BCUT2D eigenvalue weighted by Gasteiger charge is 2.24. The van der Waals surface area contributed by atoms with E-state index in [1.54, 1.807) is 20.3 Å². The predicted molar refractivity (Wildman–Crippen MR) is 151 cm³/mol. The Bertz CT molecular complexity index is 1230. The largest absolute Gasteiger partial charge is 0.496 e. The van der Waals surface area contributed by atoms with Crippen molar-refractivity contribution in [1.29, 1.82) is 0 Å². The number of methoxy groups -OCH3 is 2. The molecular weight excluding hydrogens is 527 g/mol. The molecule has 202 valence electrons. The van der Waals surface area contributed by atoms with E-state index in [4.69, 9.17) is 32.7 Å². The van der Waals surface area contributed by atoms with Gasteiger partial charge in [0.25, 0.3) is 5.91 Å². The molecule has 0 radical (unpaired) electrons. The van der Waals surface area contributed by atoms with Crippen LogP contribution < -0.4 is 14.8 Å². The first-order chi connectivity index (χ1) is 18.2. The van der Waals surface area contributed by atoms with Crippen molar-refractivity contribution in [3.63, 3.8) is 0 Å². The van der Waals surface area contributed by atoms with Gasteiger partial charge in [0.15, 0.2) is 0 Å². The molecule has 0 heterocycles. The van der Waals surface area contributed by atoms with Crippen LogP contribution in [0.3, 0.4) is 0 Å². The number of hydrogen-bond donors (Lipinski definition) is 2. The fraction of sp³-hybridized carbons (Fsp3) is 0.310. The SMILES string of the molecule is CCN(CC)Cc1cc(OC)c(-c2ccc(CC(NC(=O)c3c(Cl)cccc3Cl)C(=O)O)cc2)c(OC)c1. The summed E-state index contributed by atoms with van der Waals surface area (Å²) in [5, 5.41) is 12.6. The maximum absolute atomic E-state index is 12.7. The minimum atomic E-state index is -1.18. The molecule has 0 bridgehead atoms. The van der Waals surface area contributed by atoms with Crippen molar-refractivity contribution < 1.29 is 24.2 Å². The minimum Gasteiger partial charge on any atom is -0.496 e. The van der Waals surface area contributed by atoms with Crippen LogP contribution >= 0.6 is 23.2 Å². The van der Waals surface area contributed by atoms with Gasteiger partial charge < -0.3 is 19.9 Å². The number of nitrogens with one attached hydrogen (secondary N) is 1. The van der Waals surface area contributed by atoms with E-state index in [1.807, 2.05) is 36.4 Å². The molecule has 3 aromatic rings. The molecule has 0 aliphatic rings. The van der Waals surface area contributed by atoms with E-state index in [2.05, 4.69) is 24.1 Å². The lowest BCUT2D eigenvalue weighted by atomic mass is 9.97. The van der Waals surface area contributed by atoms with Crippen molar-refractivity contribution >= 4 is 35.1 Å². The number of halogens is 2. The van der Waals surface area contributed by atoms with Crippen LogP contribution in [0.4, 0.5) is 0 Å². The quantitative estimate of drug-likeness (QED) is 0.286. The summed E-state index contributed by atoms with van der Waals surface area (Å²) in [6.07, 6.45) is 0.0699. The van der Waals surface area contributed by atoms with Crippen LogP contribution in [-0.4, -0.2) is 55.2 Å². The second kappa shape index (κ2) is 13.5. The van der Waals surface area contributed by atoms with Gasteiger partial charge in [-0.2, -0.15) is 0 Å². The summed E-state index contributed by atoms with van der Waals surface area (Å²) in [4.78, 5) is 27.0. The molecule has 7 nitrogen and oxygen atoms in total. The molecular formula is C29H32Cl2N2O5. The zero-order valence-corrected chi connectivity index (χ0v) is 23.4. The molecule has 1 atom stereocenters. The van der Waals surface area contributed by atoms with E-state index in [0.717, 1.165) is 41.9 Å². The smallest absolute Gasteiger partial charge is 0.326 e. The van der Waals surface area contributed by atoms with Gasteiger partial charge >= 0.3 is 5.97 Å². The number of benzene rings is 3. The zero-order chi connectivity index (χ0) is 27.8. The van der Waals surface area contributed by atoms with E-state index in [9.17, 15) is 14.7 Å².